The van der Waals surface area contributed by atoms with E-state index < -0.39 is 15.8 Å². The maximum atomic E-state index is 13.0. The van der Waals surface area contributed by atoms with E-state index in [9.17, 15) is 17.6 Å². The van der Waals surface area contributed by atoms with Gasteiger partial charge in [0.25, 0.3) is 0 Å². The van der Waals surface area contributed by atoms with E-state index >= 15 is 0 Å². The fraction of sp³-hybridized carbons (Fsp3) is 0.211. The van der Waals surface area contributed by atoms with Crippen LogP contribution in [0, 0.1) is 5.82 Å². The van der Waals surface area contributed by atoms with Crippen molar-refractivity contribution in [2.24, 2.45) is 0 Å². The standard InChI is InChI=1S/C19H19FN2O4S/c1-26-19(23)13-22-12-14(17-4-2-3-5-18(17)22)10-11-21-27(24,25)16-8-6-15(20)7-9-16/h2-9,12,21H,10-11,13H2,1H3. The summed E-state index contributed by atoms with van der Waals surface area (Å²) in [7, 11) is -2.38. The van der Waals surface area contributed by atoms with Crippen LogP contribution in [0.15, 0.2) is 59.6 Å². The Balaban J connectivity index is 1.75. The van der Waals surface area contributed by atoms with Crippen LogP contribution in [0.5, 0.6) is 0 Å². The average Bonchev–Trinajstić information content (AvgIpc) is 2.99. The van der Waals surface area contributed by atoms with Crippen LogP contribution >= 0.6 is 0 Å². The molecule has 0 saturated heterocycles. The van der Waals surface area contributed by atoms with Gasteiger partial charge >= 0.3 is 5.97 Å². The molecule has 0 aliphatic heterocycles. The molecule has 0 unspecified atom stereocenters. The SMILES string of the molecule is COC(=O)Cn1cc(CCNS(=O)(=O)c2ccc(F)cc2)c2ccccc21. The average molecular weight is 390 g/mol. The fourth-order valence-corrected chi connectivity index (χ4v) is 3.91. The minimum atomic E-state index is -3.71. The molecule has 0 aliphatic rings. The van der Waals surface area contributed by atoms with E-state index in [-0.39, 0.29) is 24.0 Å². The van der Waals surface area contributed by atoms with Crippen molar-refractivity contribution in [1.82, 2.24) is 9.29 Å². The van der Waals surface area contributed by atoms with Gasteiger partial charge in [-0.1, -0.05) is 18.2 Å². The Bertz CT molecular complexity index is 1060. The first-order valence-electron chi connectivity index (χ1n) is 8.29. The third-order valence-corrected chi connectivity index (χ3v) is 5.69. The number of nitrogens with zero attached hydrogens (tertiary/aromatic N) is 1. The maximum absolute atomic E-state index is 13.0. The summed E-state index contributed by atoms with van der Waals surface area (Å²) in [5.74, 6) is -0.855. The van der Waals surface area contributed by atoms with Crippen LogP contribution in [-0.4, -0.2) is 32.6 Å². The van der Waals surface area contributed by atoms with Gasteiger partial charge in [0, 0.05) is 23.6 Å². The minimum Gasteiger partial charge on any atom is -0.468 e. The summed E-state index contributed by atoms with van der Waals surface area (Å²) >= 11 is 0. The topological polar surface area (TPSA) is 77.4 Å². The summed E-state index contributed by atoms with van der Waals surface area (Å²) in [5, 5.41) is 0.947. The third-order valence-electron chi connectivity index (χ3n) is 4.21. The van der Waals surface area contributed by atoms with Crippen molar-refractivity contribution < 1.29 is 22.3 Å². The Hall–Kier alpha value is -2.71. The van der Waals surface area contributed by atoms with E-state index in [2.05, 4.69) is 4.72 Å². The van der Waals surface area contributed by atoms with Crippen LogP contribution < -0.4 is 4.72 Å². The van der Waals surface area contributed by atoms with Crippen LogP contribution in [0.3, 0.4) is 0 Å². The van der Waals surface area contributed by atoms with E-state index in [0.29, 0.717) is 6.42 Å². The van der Waals surface area contributed by atoms with Gasteiger partial charge < -0.3 is 9.30 Å². The number of halogens is 1. The lowest BCUT2D eigenvalue weighted by atomic mass is 10.1. The number of ether oxygens (including phenoxy) is 1. The Morgan fingerprint density at radius 1 is 1.15 bits per heavy atom. The highest BCUT2D eigenvalue weighted by Gasteiger charge is 2.15. The largest absolute Gasteiger partial charge is 0.468 e. The lowest BCUT2D eigenvalue weighted by Crippen LogP contribution is -2.26. The van der Waals surface area contributed by atoms with Gasteiger partial charge in [0.2, 0.25) is 10.0 Å². The summed E-state index contributed by atoms with van der Waals surface area (Å²) < 4.78 is 46.6. The number of benzene rings is 2. The van der Waals surface area contributed by atoms with Crippen LogP contribution in [0.4, 0.5) is 4.39 Å². The van der Waals surface area contributed by atoms with Crippen molar-refractivity contribution in [1.29, 1.82) is 0 Å². The van der Waals surface area contributed by atoms with E-state index in [4.69, 9.17) is 4.74 Å². The molecule has 1 aromatic heterocycles. The fourth-order valence-electron chi connectivity index (χ4n) is 2.87. The van der Waals surface area contributed by atoms with Gasteiger partial charge in [-0.25, -0.2) is 17.5 Å². The number of para-hydroxylation sites is 1. The molecule has 3 rings (SSSR count). The molecule has 0 radical (unpaired) electrons. The zero-order valence-electron chi connectivity index (χ0n) is 14.7. The quantitative estimate of drug-likeness (QED) is 0.629. The highest BCUT2D eigenvalue weighted by Crippen LogP contribution is 2.22. The number of hydrogen-bond acceptors (Lipinski definition) is 4. The monoisotopic (exact) mass is 390 g/mol. The third kappa shape index (κ3) is 4.35. The highest BCUT2D eigenvalue weighted by atomic mass is 32.2. The molecule has 2 aromatic carbocycles. The number of esters is 1. The first kappa shape index (κ1) is 19.1. The predicted molar refractivity (Wildman–Crippen MR) is 99.2 cm³/mol. The molecule has 8 heteroatoms. The van der Waals surface area contributed by atoms with Crippen LogP contribution in [0.25, 0.3) is 10.9 Å². The van der Waals surface area contributed by atoms with E-state index in [1.54, 1.807) is 4.57 Å². The lowest BCUT2D eigenvalue weighted by Gasteiger charge is -2.06. The molecule has 1 N–H and O–H groups in total. The molecule has 0 saturated carbocycles. The number of hydrogen-bond donors (Lipinski definition) is 1. The normalized spacial score (nSPS) is 11.6. The van der Waals surface area contributed by atoms with Crippen LogP contribution in [0.1, 0.15) is 5.56 Å². The molecule has 27 heavy (non-hydrogen) atoms. The van der Waals surface area contributed by atoms with Crippen LogP contribution in [-0.2, 0) is 32.5 Å². The number of methoxy groups -OCH3 is 1. The Morgan fingerprint density at radius 3 is 2.56 bits per heavy atom. The number of nitrogens with one attached hydrogen (secondary N) is 1. The van der Waals surface area contributed by atoms with Gasteiger partial charge in [0.1, 0.15) is 12.4 Å². The molecule has 142 valence electrons. The second-order valence-electron chi connectivity index (χ2n) is 5.98. The number of fused-ring (bicyclic) bond motifs is 1. The van der Waals surface area contributed by atoms with E-state index in [1.165, 1.54) is 19.2 Å². The van der Waals surface area contributed by atoms with Gasteiger partial charge in [0.05, 0.1) is 12.0 Å². The zero-order chi connectivity index (χ0) is 19.4. The Morgan fingerprint density at radius 2 is 1.85 bits per heavy atom. The number of carbonyl (C=O) groups excluding carboxylic acids is 1. The Kier molecular flexibility index (Phi) is 5.57. The molecule has 0 aliphatic carbocycles. The summed E-state index contributed by atoms with van der Waals surface area (Å²) in [5.41, 5.74) is 1.79. The zero-order valence-corrected chi connectivity index (χ0v) is 15.5. The summed E-state index contributed by atoms with van der Waals surface area (Å²) in [6, 6.07) is 12.2. The smallest absolute Gasteiger partial charge is 0.325 e. The molecule has 0 bridgehead atoms. The van der Waals surface area contributed by atoms with E-state index in [1.807, 2.05) is 30.5 Å². The van der Waals surface area contributed by atoms with Gasteiger partial charge in [0.15, 0.2) is 0 Å². The lowest BCUT2D eigenvalue weighted by molar-refractivity contribution is -0.141. The second kappa shape index (κ2) is 7.89. The van der Waals surface area contributed by atoms with Crippen molar-refractivity contribution in [3.8, 4) is 0 Å². The molecule has 0 atom stereocenters. The molecular weight excluding hydrogens is 371 g/mol. The summed E-state index contributed by atoms with van der Waals surface area (Å²) in [6.45, 7) is 0.254. The minimum absolute atomic E-state index is 0.0111. The van der Waals surface area contributed by atoms with Crippen LogP contribution in [0.2, 0.25) is 0 Å². The Labute approximate surface area is 156 Å². The molecule has 0 amide bonds. The van der Waals surface area contributed by atoms with Crippen molar-refractivity contribution in [2.45, 2.75) is 17.9 Å². The molecule has 0 fully saturated rings. The second-order valence-corrected chi connectivity index (χ2v) is 7.74. The van der Waals surface area contributed by atoms with Crippen molar-refractivity contribution in [3.63, 3.8) is 0 Å². The highest BCUT2D eigenvalue weighted by molar-refractivity contribution is 7.89. The molecular formula is C19H19FN2O4S. The maximum Gasteiger partial charge on any atom is 0.325 e. The first-order chi connectivity index (χ1) is 12.9. The predicted octanol–water partition coefficient (Wildman–Crippen LogP) is 2.47. The molecule has 1 heterocycles. The van der Waals surface area contributed by atoms with Crippen molar-refractivity contribution in [2.75, 3.05) is 13.7 Å². The molecule has 0 spiro atoms. The van der Waals surface area contributed by atoms with Crippen molar-refractivity contribution in [3.05, 3.63) is 66.1 Å². The van der Waals surface area contributed by atoms with Gasteiger partial charge in [-0.2, -0.15) is 0 Å². The molecule has 6 nitrogen and oxygen atoms in total. The summed E-state index contributed by atoms with van der Waals surface area (Å²) in [4.78, 5) is 11.6. The number of aromatic nitrogens is 1. The number of carbonyl (C=O) groups is 1. The van der Waals surface area contributed by atoms with Gasteiger partial charge in [-0.05, 0) is 42.3 Å². The number of rotatable bonds is 7. The van der Waals surface area contributed by atoms with E-state index in [0.717, 1.165) is 28.6 Å². The van der Waals surface area contributed by atoms with Gasteiger partial charge in [-0.15, -0.1) is 0 Å². The first-order valence-corrected chi connectivity index (χ1v) is 9.78. The summed E-state index contributed by atoms with van der Waals surface area (Å²) in [6.07, 6.45) is 2.27. The molecule has 3 aromatic rings. The number of sulfonamides is 1. The van der Waals surface area contributed by atoms with Gasteiger partial charge in [-0.3, -0.25) is 4.79 Å². The van der Waals surface area contributed by atoms with Crippen molar-refractivity contribution >= 4 is 26.9 Å².